The van der Waals surface area contributed by atoms with Crippen LogP contribution in [0.25, 0.3) is 10.8 Å². The van der Waals surface area contributed by atoms with Crippen LogP contribution in [0.2, 0.25) is 0 Å². The van der Waals surface area contributed by atoms with Crippen molar-refractivity contribution < 1.29 is 31.0 Å². The molecule has 0 saturated carbocycles. The van der Waals surface area contributed by atoms with Crippen LogP contribution in [0.1, 0.15) is 5.56 Å². The highest BCUT2D eigenvalue weighted by atomic mass is 32.2. The molecule has 3 aromatic rings. The van der Waals surface area contributed by atoms with Crippen molar-refractivity contribution in [3.8, 4) is 5.75 Å². The fourth-order valence-corrected chi connectivity index (χ4v) is 4.26. The number of nitrogens with zero attached hydrogens (tertiary/aromatic N) is 2. The third kappa shape index (κ3) is 4.65. The van der Waals surface area contributed by atoms with Crippen LogP contribution in [0.4, 0.5) is 17.1 Å². The van der Waals surface area contributed by atoms with Crippen LogP contribution in [0.3, 0.4) is 0 Å². The number of hydrogen-bond acceptors (Lipinski definition) is 9. The summed E-state index contributed by atoms with van der Waals surface area (Å²) in [6.07, 6.45) is 0. The van der Waals surface area contributed by atoms with Gasteiger partial charge in [0.1, 0.15) is 21.2 Å². The fourth-order valence-electron chi connectivity index (χ4n) is 3.00. The molecule has 164 valence electrons. The van der Waals surface area contributed by atoms with Crippen molar-refractivity contribution >= 4 is 48.1 Å². The first-order valence-corrected chi connectivity index (χ1v) is 11.5. The van der Waals surface area contributed by atoms with Crippen LogP contribution < -0.4 is 11.1 Å². The smallest absolute Gasteiger partial charge is 0.296 e. The van der Waals surface area contributed by atoms with E-state index in [4.69, 9.17) is 5.73 Å². The highest BCUT2D eigenvalue weighted by Crippen LogP contribution is 2.43. The number of benzene rings is 3. The monoisotopic (exact) mass is 466 g/mol. The lowest BCUT2D eigenvalue weighted by molar-refractivity contribution is 0.472. The fraction of sp³-hybridized carbons (Fsp3) is 0.111. The molecule has 0 unspecified atom stereocenters. The molecule has 0 amide bonds. The number of fused-ring (bicyclic) bond motifs is 1. The Morgan fingerprint density at radius 1 is 0.968 bits per heavy atom. The second-order valence-corrected chi connectivity index (χ2v) is 9.28. The molecule has 0 atom stereocenters. The van der Waals surface area contributed by atoms with E-state index < -0.39 is 41.5 Å². The molecule has 0 heterocycles. The Morgan fingerprint density at radius 3 is 2.26 bits per heavy atom. The molecule has 0 aliphatic heterocycles. The van der Waals surface area contributed by atoms with Crippen molar-refractivity contribution in [3.63, 3.8) is 0 Å². The molecule has 0 saturated heterocycles. The summed E-state index contributed by atoms with van der Waals surface area (Å²) in [7, 11) is -7.88. The summed E-state index contributed by atoms with van der Waals surface area (Å²) in [5.41, 5.74) is 5.61. The minimum absolute atomic E-state index is 0.0720. The van der Waals surface area contributed by atoms with Crippen molar-refractivity contribution in [1.29, 1.82) is 0 Å². The van der Waals surface area contributed by atoms with E-state index in [1.165, 1.54) is 30.3 Å². The van der Waals surface area contributed by atoms with Crippen LogP contribution in [-0.4, -0.2) is 38.1 Å². The molecule has 0 fully saturated rings. The molecule has 11 nitrogen and oxygen atoms in total. The largest absolute Gasteiger partial charge is 0.505 e. The number of hydrogen-bond donors (Lipinski definition) is 5. The first kappa shape index (κ1) is 22.6. The van der Waals surface area contributed by atoms with Crippen molar-refractivity contribution in [2.24, 2.45) is 10.2 Å². The van der Waals surface area contributed by atoms with Crippen LogP contribution in [0.5, 0.6) is 5.75 Å². The van der Waals surface area contributed by atoms with Crippen molar-refractivity contribution in [2.75, 3.05) is 12.8 Å². The standard InChI is InChI=1S/C18H18N4O7S2/c1-20-9-10-5-6-14(30(24,25)26)13(7-10)21-22-17-15(31(27,28)29)8-11-3-2-4-12(19)16(11)18(17)23/h2-8,20,23H,9,19H2,1H3,(H,24,25,26)(H,27,28,29). The average molecular weight is 466 g/mol. The van der Waals surface area contributed by atoms with Gasteiger partial charge in [0.2, 0.25) is 0 Å². The topological polar surface area (TPSA) is 192 Å². The zero-order chi connectivity index (χ0) is 23.0. The van der Waals surface area contributed by atoms with Gasteiger partial charge in [-0.15, -0.1) is 10.2 Å². The number of rotatable bonds is 6. The van der Waals surface area contributed by atoms with Crippen molar-refractivity contribution in [3.05, 3.63) is 48.0 Å². The lowest BCUT2D eigenvalue weighted by Crippen LogP contribution is -2.06. The van der Waals surface area contributed by atoms with Gasteiger partial charge in [-0.1, -0.05) is 18.2 Å². The third-order valence-corrected chi connectivity index (χ3v) is 6.10. The van der Waals surface area contributed by atoms with Crippen LogP contribution >= 0.6 is 0 Å². The molecule has 0 spiro atoms. The maximum Gasteiger partial charge on any atom is 0.296 e. The van der Waals surface area contributed by atoms with Crippen LogP contribution in [0.15, 0.2) is 62.5 Å². The molecule has 6 N–H and O–H groups in total. The Bertz CT molecular complexity index is 1420. The Morgan fingerprint density at radius 2 is 1.65 bits per heavy atom. The SMILES string of the molecule is CNCc1ccc(S(=O)(=O)O)c(N=Nc2c(S(=O)(=O)O)cc3cccc(N)c3c2O)c1. The zero-order valence-electron chi connectivity index (χ0n) is 16.0. The minimum atomic E-state index is -4.85. The summed E-state index contributed by atoms with van der Waals surface area (Å²) in [6, 6.07) is 9.37. The number of azo groups is 1. The Hall–Kier alpha value is -3.10. The van der Waals surface area contributed by atoms with Crippen LogP contribution in [-0.2, 0) is 26.8 Å². The molecule has 31 heavy (non-hydrogen) atoms. The molecule has 0 radical (unpaired) electrons. The molecule has 3 aromatic carbocycles. The molecule has 13 heteroatoms. The Balaban J connectivity index is 2.30. The predicted octanol–water partition coefficient (Wildman–Crippen LogP) is 2.76. The molecule has 0 aliphatic carbocycles. The number of aromatic hydroxyl groups is 1. The van der Waals surface area contributed by atoms with E-state index in [9.17, 15) is 31.0 Å². The highest BCUT2D eigenvalue weighted by Gasteiger charge is 2.23. The van der Waals surface area contributed by atoms with Gasteiger partial charge in [-0.3, -0.25) is 9.11 Å². The normalized spacial score (nSPS) is 12.6. The summed E-state index contributed by atoms with van der Waals surface area (Å²) < 4.78 is 66.2. The van der Waals surface area contributed by atoms with E-state index in [1.54, 1.807) is 7.05 Å². The van der Waals surface area contributed by atoms with Gasteiger partial charge >= 0.3 is 0 Å². The second-order valence-electron chi connectivity index (χ2n) is 6.50. The first-order valence-electron chi connectivity index (χ1n) is 8.62. The van der Waals surface area contributed by atoms with Crippen LogP contribution in [0, 0.1) is 0 Å². The summed E-state index contributed by atoms with van der Waals surface area (Å²) in [6.45, 7) is 0.336. The Labute approximate surface area is 177 Å². The van der Waals surface area contributed by atoms with Gasteiger partial charge in [-0.05, 0) is 42.3 Å². The predicted molar refractivity (Wildman–Crippen MR) is 113 cm³/mol. The molecule has 0 aromatic heterocycles. The number of nitrogen functional groups attached to an aromatic ring is 1. The third-order valence-electron chi connectivity index (χ3n) is 4.33. The zero-order valence-corrected chi connectivity index (χ0v) is 17.6. The van der Waals surface area contributed by atoms with E-state index >= 15 is 0 Å². The lowest BCUT2D eigenvalue weighted by Gasteiger charge is -2.11. The van der Waals surface area contributed by atoms with Gasteiger partial charge in [0, 0.05) is 17.6 Å². The number of nitrogens with one attached hydrogen (secondary N) is 1. The number of phenols is 1. The molecule has 0 aliphatic rings. The highest BCUT2D eigenvalue weighted by molar-refractivity contribution is 7.86. The van der Waals surface area contributed by atoms with Gasteiger partial charge in [0.15, 0.2) is 5.75 Å². The van der Waals surface area contributed by atoms with E-state index in [-0.39, 0.29) is 22.1 Å². The van der Waals surface area contributed by atoms with E-state index in [0.29, 0.717) is 12.1 Å². The maximum absolute atomic E-state index is 11.9. The van der Waals surface area contributed by atoms with Gasteiger partial charge in [-0.2, -0.15) is 16.8 Å². The summed E-state index contributed by atoms with van der Waals surface area (Å²) in [5, 5.41) is 21.2. The quantitative estimate of drug-likeness (QED) is 0.206. The van der Waals surface area contributed by atoms with Gasteiger partial charge in [0.05, 0.1) is 0 Å². The van der Waals surface area contributed by atoms with Crippen molar-refractivity contribution in [2.45, 2.75) is 16.3 Å². The van der Waals surface area contributed by atoms with E-state index in [0.717, 1.165) is 12.1 Å². The molecule has 0 bridgehead atoms. The summed E-state index contributed by atoms with van der Waals surface area (Å²) in [5.74, 6) is -0.674. The lowest BCUT2D eigenvalue weighted by atomic mass is 10.1. The average Bonchev–Trinajstić information content (AvgIpc) is 2.65. The second kappa shape index (κ2) is 8.20. The first-order chi connectivity index (χ1) is 14.4. The Kier molecular flexibility index (Phi) is 5.98. The van der Waals surface area contributed by atoms with E-state index in [1.807, 2.05) is 0 Å². The minimum Gasteiger partial charge on any atom is -0.505 e. The number of nitrogens with two attached hydrogens (primary N) is 1. The number of phenolic OH excluding ortho intramolecular Hbond substituents is 1. The maximum atomic E-state index is 11.9. The van der Waals surface area contributed by atoms with Gasteiger partial charge < -0.3 is 16.2 Å². The number of anilines is 1. The van der Waals surface area contributed by atoms with Crippen molar-refractivity contribution in [1.82, 2.24) is 5.32 Å². The summed E-state index contributed by atoms with van der Waals surface area (Å²) >= 11 is 0. The molecular weight excluding hydrogens is 448 g/mol. The van der Waals surface area contributed by atoms with E-state index in [2.05, 4.69) is 15.5 Å². The van der Waals surface area contributed by atoms with Gasteiger partial charge in [-0.25, -0.2) is 0 Å². The molecule has 3 rings (SSSR count). The van der Waals surface area contributed by atoms with Gasteiger partial charge in [0.25, 0.3) is 20.2 Å². The molecular formula is C18H18N4O7S2. The summed E-state index contributed by atoms with van der Waals surface area (Å²) in [4.78, 5) is -1.34.